The second-order valence-electron chi connectivity index (χ2n) is 3.17. The third-order valence-corrected chi connectivity index (χ3v) is 2.27. The Morgan fingerprint density at radius 1 is 1.31 bits per heavy atom. The molecule has 16 heavy (non-hydrogen) atoms. The molecule has 7 heteroatoms. The van der Waals surface area contributed by atoms with Gasteiger partial charge in [-0.15, -0.1) is 0 Å². The van der Waals surface area contributed by atoms with Crippen LogP contribution in [0.3, 0.4) is 0 Å². The summed E-state index contributed by atoms with van der Waals surface area (Å²) in [6, 6.07) is 0. The van der Waals surface area contributed by atoms with Crippen LogP contribution in [0.2, 0.25) is 0 Å². The first-order valence-corrected chi connectivity index (χ1v) is 4.61. The summed E-state index contributed by atoms with van der Waals surface area (Å²) in [7, 11) is 5.97. The number of ether oxygens (including phenoxy) is 2. The fourth-order valence-corrected chi connectivity index (χ4v) is 1.34. The van der Waals surface area contributed by atoms with Gasteiger partial charge >= 0.3 is 5.56 Å². The predicted octanol–water partition coefficient (Wildman–Crippen LogP) is -0.934. The molecule has 0 aliphatic carbocycles. The van der Waals surface area contributed by atoms with E-state index in [1.165, 1.54) is 23.6 Å². The molecule has 1 aromatic heterocycles. The average molecular weight is 229 g/mol. The highest BCUT2D eigenvalue weighted by Gasteiger charge is 2.22. The van der Waals surface area contributed by atoms with Gasteiger partial charge in [0.15, 0.2) is 5.69 Å². The van der Waals surface area contributed by atoms with Crippen LogP contribution in [0, 0.1) is 0 Å². The van der Waals surface area contributed by atoms with Crippen molar-refractivity contribution >= 4 is 5.91 Å². The van der Waals surface area contributed by atoms with Gasteiger partial charge in [0.05, 0.1) is 7.11 Å². The normalized spacial score (nSPS) is 10.2. The van der Waals surface area contributed by atoms with Gasteiger partial charge in [0, 0.05) is 21.2 Å². The van der Waals surface area contributed by atoms with Crippen molar-refractivity contribution < 1.29 is 14.3 Å². The van der Waals surface area contributed by atoms with Crippen LogP contribution in [0.5, 0.6) is 5.75 Å². The maximum atomic E-state index is 11.7. The smallest absolute Gasteiger partial charge is 0.309 e. The average Bonchev–Trinajstić information content (AvgIpc) is 2.50. The third-order valence-electron chi connectivity index (χ3n) is 2.27. The molecule has 0 aliphatic rings. The fourth-order valence-electron chi connectivity index (χ4n) is 1.34. The lowest BCUT2D eigenvalue weighted by Crippen LogP contribution is -2.28. The minimum Gasteiger partial charge on any atom is -0.489 e. The summed E-state index contributed by atoms with van der Waals surface area (Å²) in [6.07, 6.45) is 0. The molecule has 0 saturated carbocycles. The summed E-state index contributed by atoms with van der Waals surface area (Å²) in [5.74, 6) is -0.391. The minimum atomic E-state index is -0.418. The number of nitrogens with zero attached hydrogens (tertiary/aromatic N) is 2. The minimum absolute atomic E-state index is 0.0265. The number of carbonyl (C=O) groups is 1. The zero-order valence-corrected chi connectivity index (χ0v) is 9.73. The summed E-state index contributed by atoms with van der Waals surface area (Å²) in [5.41, 5.74) is -0.181. The molecule has 7 nitrogen and oxygen atoms in total. The molecule has 1 N–H and O–H groups in total. The Labute approximate surface area is 92.5 Å². The largest absolute Gasteiger partial charge is 0.489 e. The highest BCUT2D eigenvalue weighted by atomic mass is 16.5. The summed E-state index contributed by atoms with van der Waals surface area (Å²) >= 11 is 0. The lowest BCUT2D eigenvalue weighted by atomic mass is 10.3. The highest BCUT2D eigenvalue weighted by Crippen LogP contribution is 2.12. The Morgan fingerprint density at radius 3 is 2.44 bits per heavy atom. The van der Waals surface area contributed by atoms with E-state index in [2.05, 4.69) is 5.32 Å². The van der Waals surface area contributed by atoms with Crippen LogP contribution in [-0.4, -0.2) is 36.2 Å². The third kappa shape index (κ3) is 1.94. The van der Waals surface area contributed by atoms with E-state index in [-0.39, 0.29) is 23.7 Å². The van der Waals surface area contributed by atoms with Crippen molar-refractivity contribution in [2.45, 2.75) is 0 Å². The molecule has 1 heterocycles. The van der Waals surface area contributed by atoms with Crippen LogP contribution in [-0.2, 0) is 18.8 Å². The SMILES string of the molecule is COCNC(=O)c1c(OC)c(=O)n(C)n1C. The number of carbonyl (C=O) groups excluding carboxylic acids is 1. The van der Waals surface area contributed by atoms with Crippen molar-refractivity contribution in [3.63, 3.8) is 0 Å². The molecule has 0 fully saturated rings. The summed E-state index contributed by atoms with van der Waals surface area (Å²) in [5, 5.41) is 2.49. The topological polar surface area (TPSA) is 74.5 Å². The van der Waals surface area contributed by atoms with Crippen LogP contribution in [0.15, 0.2) is 4.79 Å². The molecular weight excluding hydrogens is 214 g/mol. The second-order valence-corrected chi connectivity index (χ2v) is 3.17. The molecule has 90 valence electrons. The molecule has 0 bridgehead atoms. The highest BCUT2D eigenvalue weighted by molar-refractivity contribution is 5.95. The summed E-state index contributed by atoms with van der Waals surface area (Å²) in [6.45, 7) is 0.0745. The zero-order valence-electron chi connectivity index (χ0n) is 9.73. The van der Waals surface area contributed by atoms with Crippen molar-refractivity contribution in [1.29, 1.82) is 0 Å². The Morgan fingerprint density at radius 2 is 1.94 bits per heavy atom. The molecule has 0 aromatic carbocycles. The van der Waals surface area contributed by atoms with E-state index < -0.39 is 5.91 Å². The molecule has 0 aliphatic heterocycles. The first-order chi connectivity index (χ1) is 7.54. The standard InChI is InChI=1S/C9H15N3O4/c1-11-6(8(13)10-5-15-3)7(16-4)9(14)12(11)2/h5H2,1-4H3,(H,10,13). The molecule has 1 amide bonds. The number of methoxy groups -OCH3 is 2. The molecule has 0 atom stereocenters. The van der Waals surface area contributed by atoms with Crippen molar-refractivity contribution in [3.8, 4) is 5.75 Å². The van der Waals surface area contributed by atoms with Crippen LogP contribution in [0.4, 0.5) is 0 Å². The summed E-state index contributed by atoms with van der Waals surface area (Å²) in [4.78, 5) is 23.4. The second kappa shape index (κ2) is 4.84. The van der Waals surface area contributed by atoms with Gasteiger partial charge in [-0.05, 0) is 0 Å². The monoisotopic (exact) mass is 229 g/mol. The fraction of sp³-hybridized carbons (Fsp3) is 0.556. The van der Waals surface area contributed by atoms with Gasteiger partial charge in [0.25, 0.3) is 5.91 Å². The van der Waals surface area contributed by atoms with E-state index in [1.807, 2.05) is 0 Å². The van der Waals surface area contributed by atoms with Crippen LogP contribution in [0.25, 0.3) is 0 Å². The van der Waals surface area contributed by atoms with E-state index in [1.54, 1.807) is 14.1 Å². The molecule has 0 saturated heterocycles. The quantitative estimate of drug-likeness (QED) is 0.677. The Bertz CT molecular complexity index is 446. The van der Waals surface area contributed by atoms with Crippen LogP contribution >= 0.6 is 0 Å². The van der Waals surface area contributed by atoms with Crippen molar-refractivity contribution in [2.24, 2.45) is 14.1 Å². The number of hydrogen-bond acceptors (Lipinski definition) is 4. The maximum absolute atomic E-state index is 11.7. The molecule has 1 aromatic rings. The van der Waals surface area contributed by atoms with Crippen LogP contribution in [0.1, 0.15) is 10.5 Å². The van der Waals surface area contributed by atoms with Crippen molar-refractivity contribution in [2.75, 3.05) is 21.0 Å². The van der Waals surface area contributed by atoms with E-state index >= 15 is 0 Å². The van der Waals surface area contributed by atoms with Gasteiger partial charge in [-0.25, -0.2) is 0 Å². The summed E-state index contributed by atoms with van der Waals surface area (Å²) < 4.78 is 12.4. The van der Waals surface area contributed by atoms with Gasteiger partial charge in [0.1, 0.15) is 6.73 Å². The maximum Gasteiger partial charge on any atom is 0.309 e. The van der Waals surface area contributed by atoms with E-state index in [4.69, 9.17) is 9.47 Å². The van der Waals surface area contributed by atoms with E-state index in [0.29, 0.717) is 0 Å². The zero-order chi connectivity index (χ0) is 12.3. The van der Waals surface area contributed by atoms with Gasteiger partial charge in [-0.3, -0.25) is 19.0 Å². The Balaban J connectivity index is 3.17. The van der Waals surface area contributed by atoms with E-state index in [0.717, 1.165) is 0 Å². The van der Waals surface area contributed by atoms with Gasteiger partial charge in [-0.2, -0.15) is 0 Å². The van der Waals surface area contributed by atoms with Crippen LogP contribution < -0.4 is 15.6 Å². The first kappa shape index (κ1) is 12.3. The van der Waals surface area contributed by atoms with Gasteiger partial charge in [-0.1, -0.05) is 0 Å². The number of amides is 1. The molecular formula is C9H15N3O4. The Kier molecular flexibility index (Phi) is 3.73. The number of rotatable bonds is 4. The number of nitrogens with one attached hydrogen (secondary N) is 1. The van der Waals surface area contributed by atoms with Crippen molar-refractivity contribution in [3.05, 3.63) is 16.0 Å². The first-order valence-electron chi connectivity index (χ1n) is 4.61. The molecule has 0 unspecified atom stereocenters. The van der Waals surface area contributed by atoms with Gasteiger partial charge in [0.2, 0.25) is 5.75 Å². The van der Waals surface area contributed by atoms with Crippen molar-refractivity contribution in [1.82, 2.24) is 14.7 Å². The lowest BCUT2D eigenvalue weighted by molar-refractivity contribution is 0.0858. The molecule has 0 spiro atoms. The van der Waals surface area contributed by atoms with Gasteiger partial charge < -0.3 is 14.8 Å². The number of aromatic nitrogens is 2. The number of hydrogen-bond donors (Lipinski definition) is 1. The van der Waals surface area contributed by atoms with E-state index in [9.17, 15) is 9.59 Å². The lowest BCUT2D eigenvalue weighted by Gasteiger charge is -2.06. The molecule has 0 radical (unpaired) electrons. The molecule has 1 rings (SSSR count). The Hall–Kier alpha value is -1.76. The predicted molar refractivity (Wildman–Crippen MR) is 56.5 cm³/mol.